The minimum atomic E-state index is -0.463. The van der Waals surface area contributed by atoms with Crippen molar-refractivity contribution in [2.45, 2.75) is 54.9 Å². The van der Waals surface area contributed by atoms with Crippen LogP contribution in [0.3, 0.4) is 0 Å². The van der Waals surface area contributed by atoms with Crippen molar-refractivity contribution in [2.24, 2.45) is 0 Å². The number of nitriles is 1. The Morgan fingerprint density at radius 2 is 1.90 bits per heavy atom. The van der Waals surface area contributed by atoms with Gasteiger partial charge in [-0.2, -0.15) is 15.0 Å². The smallest absolute Gasteiger partial charge is 0.350 e. The quantitative estimate of drug-likeness (QED) is 0.572. The van der Waals surface area contributed by atoms with Crippen molar-refractivity contribution < 1.29 is 4.74 Å². The average Bonchev–Trinajstić information content (AvgIpc) is 3.09. The lowest BCUT2D eigenvalue weighted by Crippen LogP contribution is -2.32. The zero-order valence-electron chi connectivity index (χ0n) is 17.9. The highest BCUT2D eigenvalue weighted by Crippen LogP contribution is 2.37. The second-order valence-corrected chi connectivity index (χ2v) is 8.97. The Morgan fingerprint density at radius 1 is 1.16 bits per heavy atom. The molecule has 0 amide bonds. The Bertz CT molecular complexity index is 1150. The minimum Gasteiger partial charge on any atom is -0.381 e. The lowest BCUT2D eigenvalue weighted by molar-refractivity contribution is 0.0675. The van der Waals surface area contributed by atoms with Gasteiger partial charge in [-0.25, -0.2) is 4.79 Å². The Kier molecular flexibility index (Phi) is 6.30. The largest absolute Gasteiger partial charge is 0.381 e. The highest BCUT2D eigenvalue weighted by atomic mass is 32.2. The molecule has 0 saturated carbocycles. The van der Waals surface area contributed by atoms with E-state index in [1.165, 1.54) is 4.68 Å². The maximum Gasteiger partial charge on any atom is 0.350 e. The number of nitrogens with zero attached hydrogens (tertiary/aromatic N) is 4. The van der Waals surface area contributed by atoms with Crippen molar-refractivity contribution in [3.05, 3.63) is 70.4 Å². The molecule has 1 saturated heterocycles. The van der Waals surface area contributed by atoms with Gasteiger partial charge in [-0.3, -0.25) is 4.57 Å². The molecular formula is C24H26N4O2S. The van der Waals surface area contributed by atoms with Gasteiger partial charge in [0.1, 0.15) is 5.82 Å². The number of aromatic nitrogens is 3. The molecule has 4 rings (SSSR count). The van der Waals surface area contributed by atoms with Crippen LogP contribution in [0.15, 0.2) is 63.1 Å². The minimum absolute atomic E-state index is 0.106. The standard InChI is InChI=1S/C24H26N4O2S/c1-3-13-27-18(2)26-28(23(27)29)20-7-9-21(10-8-20)31-22-6-4-5-19(16-22)24(17-25)11-14-30-15-12-24/h4-10,16H,3,11-15H2,1-2H3. The van der Waals surface area contributed by atoms with E-state index < -0.39 is 5.41 Å². The number of ether oxygens (including phenoxy) is 1. The third-order valence-electron chi connectivity index (χ3n) is 5.76. The summed E-state index contributed by atoms with van der Waals surface area (Å²) in [5.74, 6) is 0.724. The summed E-state index contributed by atoms with van der Waals surface area (Å²) in [5.41, 5.74) is 1.25. The van der Waals surface area contributed by atoms with Crippen LogP contribution in [0.1, 0.15) is 37.6 Å². The van der Waals surface area contributed by atoms with Crippen molar-refractivity contribution in [1.82, 2.24) is 14.3 Å². The van der Waals surface area contributed by atoms with Crippen LogP contribution in [0.25, 0.3) is 5.69 Å². The Morgan fingerprint density at radius 3 is 2.58 bits per heavy atom. The lowest BCUT2D eigenvalue weighted by atomic mass is 9.75. The molecule has 0 bridgehead atoms. The van der Waals surface area contributed by atoms with Crippen LogP contribution in [0.2, 0.25) is 0 Å². The molecule has 0 aliphatic carbocycles. The third-order valence-corrected chi connectivity index (χ3v) is 6.76. The number of hydrogen-bond donors (Lipinski definition) is 0. The fourth-order valence-corrected chi connectivity index (χ4v) is 4.85. The molecule has 160 valence electrons. The van der Waals surface area contributed by atoms with E-state index in [9.17, 15) is 10.1 Å². The van der Waals surface area contributed by atoms with E-state index in [0.717, 1.165) is 46.1 Å². The van der Waals surface area contributed by atoms with Gasteiger partial charge in [0.2, 0.25) is 0 Å². The number of rotatable bonds is 6. The van der Waals surface area contributed by atoms with E-state index in [4.69, 9.17) is 4.74 Å². The lowest BCUT2D eigenvalue weighted by Gasteiger charge is -2.31. The maximum absolute atomic E-state index is 12.6. The number of benzene rings is 2. The SMILES string of the molecule is CCCn1c(C)nn(-c2ccc(Sc3cccc(C4(C#N)CCOCC4)c3)cc2)c1=O. The summed E-state index contributed by atoms with van der Waals surface area (Å²) in [6.07, 6.45) is 2.34. The first-order chi connectivity index (χ1) is 15.1. The van der Waals surface area contributed by atoms with Crippen LogP contribution in [0.5, 0.6) is 0 Å². The summed E-state index contributed by atoms with van der Waals surface area (Å²) < 4.78 is 8.63. The molecule has 2 aromatic carbocycles. The average molecular weight is 435 g/mol. The highest BCUT2D eigenvalue weighted by Gasteiger charge is 2.34. The maximum atomic E-state index is 12.6. The topological polar surface area (TPSA) is 72.8 Å². The zero-order chi connectivity index (χ0) is 21.8. The molecule has 2 heterocycles. The molecule has 31 heavy (non-hydrogen) atoms. The van der Waals surface area contributed by atoms with Gasteiger partial charge in [-0.05, 0) is 68.1 Å². The van der Waals surface area contributed by atoms with Crippen LogP contribution in [-0.2, 0) is 16.7 Å². The highest BCUT2D eigenvalue weighted by molar-refractivity contribution is 7.99. The molecule has 1 aliphatic heterocycles. The first kappa shape index (κ1) is 21.4. The normalized spacial score (nSPS) is 15.5. The number of hydrogen-bond acceptors (Lipinski definition) is 5. The summed E-state index contributed by atoms with van der Waals surface area (Å²) in [7, 11) is 0. The molecule has 0 spiro atoms. The van der Waals surface area contributed by atoms with Gasteiger partial charge in [0.05, 0.1) is 17.2 Å². The molecule has 1 aromatic heterocycles. The van der Waals surface area contributed by atoms with E-state index in [1.54, 1.807) is 16.3 Å². The predicted octanol–water partition coefficient (Wildman–Crippen LogP) is 4.48. The van der Waals surface area contributed by atoms with E-state index in [1.807, 2.05) is 50.2 Å². The van der Waals surface area contributed by atoms with Crippen LogP contribution < -0.4 is 5.69 Å². The molecule has 0 atom stereocenters. The van der Waals surface area contributed by atoms with Crippen LogP contribution in [0, 0.1) is 18.3 Å². The molecule has 1 fully saturated rings. The first-order valence-electron chi connectivity index (χ1n) is 10.6. The first-order valence-corrected chi connectivity index (χ1v) is 11.4. The predicted molar refractivity (Wildman–Crippen MR) is 121 cm³/mol. The summed E-state index contributed by atoms with van der Waals surface area (Å²) in [4.78, 5) is 14.8. The van der Waals surface area contributed by atoms with Crippen molar-refractivity contribution >= 4 is 11.8 Å². The summed E-state index contributed by atoms with van der Waals surface area (Å²) in [5, 5.41) is 14.3. The zero-order valence-corrected chi connectivity index (χ0v) is 18.7. The summed E-state index contributed by atoms with van der Waals surface area (Å²) >= 11 is 1.65. The molecule has 1 aliphatic rings. The summed E-state index contributed by atoms with van der Waals surface area (Å²) in [6.45, 7) is 5.83. The van der Waals surface area contributed by atoms with Gasteiger partial charge in [0, 0.05) is 29.5 Å². The van der Waals surface area contributed by atoms with E-state index in [0.29, 0.717) is 19.8 Å². The van der Waals surface area contributed by atoms with Crippen molar-refractivity contribution in [1.29, 1.82) is 5.26 Å². The molecule has 0 unspecified atom stereocenters. The molecular weight excluding hydrogens is 408 g/mol. The van der Waals surface area contributed by atoms with Gasteiger partial charge in [0.25, 0.3) is 0 Å². The third kappa shape index (κ3) is 4.32. The molecule has 0 N–H and O–H groups in total. The fraction of sp³-hybridized carbons (Fsp3) is 0.375. The van der Waals surface area contributed by atoms with Gasteiger partial charge < -0.3 is 4.74 Å². The second kappa shape index (κ2) is 9.13. The van der Waals surface area contributed by atoms with Crippen molar-refractivity contribution in [3.63, 3.8) is 0 Å². The molecule has 3 aromatic rings. The van der Waals surface area contributed by atoms with Crippen molar-refractivity contribution in [2.75, 3.05) is 13.2 Å². The monoisotopic (exact) mass is 434 g/mol. The van der Waals surface area contributed by atoms with Gasteiger partial charge >= 0.3 is 5.69 Å². The fourth-order valence-electron chi connectivity index (χ4n) is 3.98. The van der Waals surface area contributed by atoms with Gasteiger partial charge in [-0.1, -0.05) is 30.8 Å². The Balaban J connectivity index is 1.55. The Labute approximate surface area is 186 Å². The molecule has 6 nitrogen and oxygen atoms in total. The Hall–Kier alpha value is -2.82. The van der Waals surface area contributed by atoms with Gasteiger partial charge in [-0.15, -0.1) is 0 Å². The van der Waals surface area contributed by atoms with Crippen molar-refractivity contribution in [3.8, 4) is 11.8 Å². The summed E-state index contributed by atoms with van der Waals surface area (Å²) in [6, 6.07) is 18.6. The number of aryl methyl sites for hydroxylation is 1. The van der Waals surface area contributed by atoms with Crippen LogP contribution in [-0.4, -0.2) is 27.6 Å². The van der Waals surface area contributed by atoms with E-state index >= 15 is 0 Å². The van der Waals surface area contributed by atoms with Crippen LogP contribution >= 0.6 is 11.8 Å². The second-order valence-electron chi connectivity index (χ2n) is 7.82. The molecule has 7 heteroatoms. The molecule has 0 radical (unpaired) electrons. The van der Waals surface area contributed by atoms with E-state index in [2.05, 4.69) is 23.3 Å². The van der Waals surface area contributed by atoms with E-state index in [-0.39, 0.29) is 5.69 Å². The van der Waals surface area contributed by atoms with Crippen LogP contribution in [0.4, 0.5) is 0 Å². The van der Waals surface area contributed by atoms with Gasteiger partial charge in [0.15, 0.2) is 0 Å².